The lowest BCUT2D eigenvalue weighted by atomic mass is 9.93. The number of ketones is 1. The maximum absolute atomic E-state index is 11.2. The molecule has 2 fully saturated rings. The van der Waals surface area contributed by atoms with Crippen LogP contribution in [0.4, 0.5) is 0 Å². The minimum absolute atomic E-state index is 0.470. The van der Waals surface area contributed by atoms with Crippen molar-refractivity contribution in [3.63, 3.8) is 0 Å². The molecule has 0 bridgehead atoms. The van der Waals surface area contributed by atoms with Crippen LogP contribution in [0.3, 0.4) is 0 Å². The molecule has 0 atom stereocenters. The number of rotatable bonds is 2. The molecule has 0 spiro atoms. The lowest BCUT2D eigenvalue weighted by Gasteiger charge is -2.41. The molecule has 0 radical (unpaired) electrons. The maximum Gasteiger partial charge on any atom is 0.133 e. The van der Waals surface area contributed by atoms with E-state index < -0.39 is 0 Å². The molecule has 3 nitrogen and oxygen atoms in total. The Hall–Kier alpha value is -0.410. The van der Waals surface area contributed by atoms with Crippen LogP contribution >= 0.6 is 0 Å². The van der Waals surface area contributed by atoms with Crippen molar-refractivity contribution in [2.75, 3.05) is 26.2 Å². The number of piperazine rings is 1. The van der Waals surface area contributed by atoms with E-state index in [0.29, 0.717) is 17.9 Å². The van der Waals surface area contributed by atoms with Crippen LogP contribution in [-0.4, -0.2) is 53.8 Å². The van der Waals surface area contributed by atoms with Crippen molar-refractivity contribution >= 4 is 5.78 Å². The molecule has 16 heavy (non-hydrogen) atoms. The van der Waals surface area contributed by atoms with Gasteiger partial charge in [0.1, 0.15) is 5.78 Å². The van der Waals surface area contributed by atoms with Crippen LogP contribution in [0.2, 0.25) is 0 Å². The molecule has 0 unspecified atom stereocenters. The fourth-order valence-corrected chi connectivity index (χ4v) is 2.91. The van der Waals surface area contributed by atoms with Crippen molar-refractivity contribution in [2.45, 2.75) is 51.6 Å². The molecule has 1 saturated heterocycles. The van der Waals surface area contributed by atoms with Crippen LogP contribution in [0, 0.1) is 0 Å². The summed E-state index contributed by atoms with van der Waals surface area (Å²) in [6.07, 6.45) is 3.82. The molecule has 2 rings (SSSR count). The summed E-state index contributed by atoms with van der Waals surface area (Å²) >= 11 is 0. The van der Waals surface area contributed by atoms with Gasteiger partial charge in [-0.15, -0.1) is 0 Å². The SMILES string of the molecule is CC(C)N1CCN(C2CCC(=O)CC2)CC1. The normalized spacial score (nSPS) is 26.6. The van der Waals surface area contributed by atoms with Gasteiger partial charge in [-0.05, 0) is 26.7 Å². The number of hydrogen-bond donors (Lipinski definition) is 0. The highest BCUT2D eigenvalue weighted by Gasteiger charge is 2.27. The zero-order valence-electron chi connectivity index (χ0n) is 10.6. The van der Waals surface area contributed by atoms with E-state index in [4.69, 9.17) is 0 Å². The minimum atomic E-state index is 0.470. The van der Waals surface area contributed by atoms with E-state index in [1.54, 1.807) is 0 Å². The Bertz CT molecular complexity index is 234. The zero-order valence-corrected chi connectivity index (χ0v) is 10.6. The monoisotopic (exact) mass is 224 g/mol. The van der Waals surface area contributed by atoms with Crippen molar-refractivity contribution < 1.29 is 4.79 Å². The first-order valence-electron chi connectivity index (χ1n) is 6.66. The summed E-state index contributed by atoms with van der Waals surface area (Å²) in [5.41, 5.74) is 0. The second-order valence-electron chi connectivity index (χ2n) is 5.44. The molecule has 0 aromatic rings. The number of Topliss-reactive ketones (excluding diaryl/α,β-unsaturated/α-hetero) is 1. The van der Waals surface area contributed by atoms with E-state index >= 15 is 0 Å². The second-order valence-corrected chi connectivity index (χ2v) is 5.44. The van der Waals surface area contributed by atoms with Gasteiger partial charge in [0.25, 0.3) is 0 Å². The minimum Gasteiger partial charge on any atom is -0.300 e. The van der Waals surface area contributed by atoms with Crippen molar-refractivity contribution in [1.29, 1.82) is 0 Å². The van der Waals surface area contributed by atoms with E-state index in [2.05, 4.69) is 23.6 Å². The molecule has 0 aromatic heterocycles. The quantitative estimate of drug-likeness (QED) is 0.710. The lowest BCUT2D eigenvalue weighted by molar-refractivity contribution is -0.121. The van der Waals surface area contributed by atoms with Gasteiger partial charge in [0.2, 0.25) is 0 Å². The van der Waals surface area contributed by atoms with Gasteiger partial charge in [-0.2, -0.15) is 0 Å². The first-order valence-corrected chi connectivity index (χ1v) is 6.66. The Kier molecular flexibility index (Phi) is 3.98. The molecule has 1 aliphatic heterocycles. The molecule has 0 N–H and O–H groups in total. The Balaban J connectivity index is 1.78. The van der Waals surface area contributed by atoms with E-state index in [9.17, 15) is 4.79 Å². The third kappa shape index (κ3) is 2.83. The van der Waals surface area contributed by atoms with Gasteiger partial charge in [0.05, 0.1) is 0 Å². The molecular weight excluding hydrogens is 200 g/mol. The third-order valence-electron chi connectivity index (χ3n) is 4.11. The number of hydrogen-bond acceptors (Lipinski definition) is 3. The highest BCUT2D eigenvalue weighted by Crippen LogP contribution is 2.21. The highest BCUT2D eigenvalue weighted by atomic mass is 16.1. The molecule has 0 amide bonds. The Morgan fingerprint density at radius 2 is 1.62 bits per heavy atom. The van der Waals surface area contributed by atoms with Gasteiger partial charge < -0.3 is 0 Å². The Morgan fingerprint density at radius 3 is 2.12 bits per heavy atom. The molecular formula is C13H24N2O. The van der Waals surface area contributed by atoms with Gasteiger partial charge in [-0.1, -0.05) is 0 Å². The van der Waals surface area contributed by atoms with Crippen LogP contribution in [0.25, 0.3) is 0 Å². The first-order chi connectivity index (χ1) is 7.66. The summed E-state index contributed by atoms with van der Waals surface area (Å²) in [6.45, 7) is 9.32. The van der Waals surface area contributed by atoms with Gasteiger partial charge >= 0.3 is 0 Å². The number of carbonyl (C=O) groups excluding carboxylic acids is 1. The largest absolute Gasteiger partial charge is 0.300 e. The summed E-state index contributed by atoms with van der Waals surface area (Å²) in [5.74, 6) is 0.470. The van der Waals surface area contributed by atoms with Gasteiger partial charge in [0, 0.05) is 51.1 Å². The van der Waals surface area contributed by atoms with E-state index in [-0.39, 0.29) is 0 Å². The van der Waals surface area contributed by atoms with Crippen LogP contribution < -0.4 is 0 Å². The van der Waals surface area contributed by atoms with E-state index in [0.717, 1.165) is 25.7 Å². The van der Waals surface area contributed by atoms with Crippen molar-refractivity contribution in [3.05, 3.63) is 0 Å². The fraction of sp³-hybridized carbons (Fsp3) is 0.923. The third-order valence-corrected chi connectivity index (χ3v) is 4.11. The summed E-state index contributed by atoms with van der Waals surface area (Å²) in [5, 5.41) is 0. The summed E-state index contributed by atoms with van der Waals surface area (Å²) in [6, 6.07) is 1.36. The first kappa shape index (κ1) is 12.1. The van der Waals surface area contributed by atoms with Crippen LogP contribution in [0.15, 0.2) is 0 Å². The molecule has 1 aliphatic carbocycles. The highest BCUT2D eigenvalue weighted by molar-refractivity contribution is 5.79. The Labute approximate surface area is 98.8 Å². The molecule has 3 heteroatoms. The van der Waals surface area contributed by atoms with Gasteiger partial charge in [-0.3, -0.25) is 14.6 Å². The summed E-state index contributed by atoms with van der Waals surface area (Å²) in [7, 11) is 0. The smallest absolute Gasteiger partial charge is 0.133 e. The second kappa shape index (κ2) is 5.28. The number of carbonyl (C=O) groups is 1. The predicted molar refractivity (Wildman–Crippen MR) is 65.5 cm³/mol. The standard InChI is InChI=1S/C13H24N2O/c1-11(2)14-7-9-15(10-8-14)12-3-5-13(16)6-4-12/h11-12H,3-10H2,1-2H3. The van der Waals surface area contributed by atoms with E-state index in [1.165, 1.54) is 26.2 Å². The summed E-state index contributed by atoms with van der Waals surface area (Å²) in [4.78, 5) is 16.4. The van der Waals surface area contributed by atoms with Crippen LogP contribution in [-0.2, 0) is 4.79 Å². The molecule has 92 valence electrons. The van der Waals surface area contributed by atoms with Crippen LogP contribution in [0.5, 0.6) is 0 Å². The van der Waals surface area contributed by atoms with Crippen molar-refractivity contribution in [3.8, 4) is 0 Å². The van der Waals surface area contributed by atoms with E-state index in [1.807, 2.05) is 0 Å². The molecule has 0 aromatic carbocycles. The zero-order chi connectivity index (χ0) is 11.5. The average Bonchev–Trinajstić information content (AvgIpc) is 2.30. The molecule has 1 heterocycles. The molecule has 1 saturated carbocycles. The summed E-state index contributed by atoms with van der Waals surface area (Å²) < 4.78 is 0. The van der Waals surface area contributed by atoms with Gasteiger partial charge in [0.15, 0.2) is 0 Å². The number of nitrogens with zero attached hydrogens (tertiary/aromatic N) is 2. The van der Waals surface area contributed by atoms with Crippen molar-refractivity contribution in [2.24, 2.45) is 0 Å². The molecule has 2 aliphatic rings. The fourth-order valence-electron chi connectivity index (χ4n) is 2.91. The Morgan fingerprint density at radius 1 is 1.06 bits per heavy atom. The predicted octanol–water partition coefficient (Wildman–Crippen LogP) is 1.52. The van der Waals surface area contributed by atoms with Crippen LogP contribution in [0.1, 0.15) is 39.5 Å². The van der Waals surface area contributed by atoms with Gasteiger partial charge in [-0.25, -0.2) is 0 Å². The van der Waals surface area contributed by atoms with Crippen molar-refractivity contribution in [1.82, 2.24) is 9.80 Å². The lowest BCUT2D eigenvalue weighted by Crippen LogP contribution is -2.52. The average molecular weight is 224 g/mol. The topological polar surface area (TPSA) is 23.6 Å². The maximum atomic E-state index is 11.2.